The maximum atomic E-state index is 13.6. The van der Waals surface area contributed by atoms with Crippen molar-refractivity contribution in [1.29, 1.82) is 0 Å². The number of methoxy groups -OCH3 is 1. The number of pyridine rings is 1. The molecule has 2 rings (SSSR count). The first-order valence-electron chi connectivity index (χ1n) is 4.78. The number of nitrogen functional groups attached to an aromatic ring is 1. The fourth-order valence-corrected chi connectivity index (χ4v) is 1.52. The number of benzene rings is 1. The molecule has 0 spiro atoms. The molecule has 0 radical (unpaired) electrons. The van der Waals surface area contributed by atoms with E-state index in [4.69, 9.17) is 10.5 Å². The highest BCUT2D eigenvalue weighted by Gasteiger charge is 2.10. The number of rotatable bonds is 2. The van der Waals surface area contributed by atoms with E-state index in [0.717, 1.165) is 0 Å². The maximum absolute atomic E-state index is 13.6. The van der Waals surface area contributed by atoms with Crippen LogP contribution in [0.2, 0.25) is 0 Å². The van der Waals surface area contributed by atoms with Gasteiger partial charge in [-0.05, 0) is 18.2 Å². The first kappa shape index (κ1) is 10.4. The summed E-state index contributed by atoms with van der Waals surface area (Å²) in [7, 11) is 1.54. The highest BCUT2D eigenvalue weighted by molar-refractivity contribution is 5.70. The van der Waals surface area contributed by atoms with Crippen molar-refractivity contribution in [2.75, 3.05) is 12.8 Å². The molecule has 16 heavy (non-hydrogen) atoms. The molecular formula is C12H11FN2O. The van der Waals surface area contributed by atoms with E-state index < -0.39 is 5.95 Å². The number of nitrogens with two attached hydrogens (primary N) is 1. The summed E-state index contributed by atoms with van der Waals surface area (Å²) >= 11 is 0. The lowest BCUT2D eigenvalue weighted by Gasteiger charge is -2.08. The van der Waals surface area contributed by atoms with Gasteiger partial charge < -0.3 is 10.5 Å². The van der Waals surface area contributed by atoms with Gasteiger partial charge in [-0.2, -0.15) is 4.39 Å². The summed E-state index contributed by atoms with van der Waals surface area (Å²) in [6.07, 6.45) is 0. The van der Waals surface area contributed by atoms with E-state index in [1.807, 2.05) is 12.1 Å². The van der Waals surface area contributed by atoms with Crippen molar-refractivity contribution in [2.45, 2.75) is 0 Å². The SMILES string of the molecule is COc1ccccc1-c1ccc(N)nc1F. The minimum atomic E-state index is -0.593. The minimum Gasteiger partial charge on any atom is -0.496 e. The molecule has 82 valence electrons. The summed E-state index contributed by atoms with van der Waals surface area (Å²) in [5, 5.41) is 0. The minimum absolute atomic E-state index is 0.163. The van der Waals surface area contributed by atoms with Crippen LogP contribution in [-0.2, 0) is 0 Å². The fourth-order valence-electron chi connectivity index (χ4n) is 1.52. The summed E-state index contributed by atoms with van der Waals surface area (Å²) in [5.74, 6) is 0.175. The maximum Gasteiger partial charge on any atom is 0.222 e. The number of ether oxygens (including phenoxy) is 1. The molecule has 2 aromatic rings. The molecule has 1 aromatic heterocycles. The predicted molar refractivity (Wildman–Crippen MR) is 60.6 cm³/mol. The van der Waals surface area contributed by atoms with E-state index in [1.165, 1.54) is 0 Å². The van der Waals surface area contributed by atoms with Crippen LogP contribution >= 0.6 is 0 Å². The topological polar surface area (TPSA) is 48.1 Å². The zero-order valence-corrected chi connectivity index (χ0v) is 8.77. The summed E-state index contributed by atoms with van der Waals surface area (Å²) in [5.41, 5.74) is 6.44. The standard InChI is InChI=1S/C12H11FN2O/c1-16-10-5-3-2-4-8(10)9-6-7-11(14)15-12(9)13/h2-7H,1H3,(H2,14,15). The fraction of sp³-hybridized carbons (Fsp3) is 0.0833. The quantitative estimate of drug-likeness (QED) is 0.788. The molecule has 0 atom stereocenters. The Labute approximate surface area is 92.7 Å². The molecule has 0 saturated carbocycles. The van der Waals surface area contributed by atoms with Crippen molar-refractivity contribution < 1.29 is 9.13 Å². The second-order valence-electron chi connectivity index (χ2n) is 3.27. The molecule has 3 nitrogen and oxygen atoms in total. The summed E-state index contributed by atoms with van der Waals surface area (Å²) < 4.78 is 18.8. The Morgan fingerprint density at radius 1 is 1.12 bits per heavy atom. The molecule has 1 aromatic carbocycles. The molecule has 0 bridgehead atoms. The van der Waals surface area contributed by atoms with Crippen molar-refractivity contribution >= 4 is 5.82 Å². The van der Waals surface area contributed by atoms with E-state index in [-0.39, 0.29) is 5.82 Å². The van der Waals surface area contributed by atoms with Gasteiger partial charge >= 0.3 is 0 Å². The number of hydrogen-bond donors (Lipinski definition) is 1. The lowest BCUT2D eigenvalue weighted by molar-refractivity contribution is 0.416. The number of anilines is 1. The molecule has 0 unspecified atom stereocenters. The van der Waals surface area contributed by atoms with Gasteiger partial charge in [-0.1, -0.05) is 18.2 Å². The molecule has 0 saturated heterocycles. The predicted octanol–water partition coefficient (Wildman–Crippen LogP) is 2.48. The summed E-state index contributed by atoms with van der Waals surface area (Å²) in [6, 6.07) is 10.3. The summed E-state index contributed by atoms with van der Waals surface area (Å²) in [4.78, 5) is 3.58. The van der Waals surface area contributed by atoms with Crippen molar-refractivity contribution in [2.24, 2.45) is 0 Å². The number of nitrogens with zero attached hydrogens (tertiary/aromatic N) is 1. The molecule has 0 amide bonds. The van der Waals surface area contributed by atoms with Gasteiger partial charge in [-0.15, -0.1) is 0 Å². The van der Waals surface area contributed by atoms with E-state index in [2.05, 4.69) is 4.98 Å². The molecule has 0 aliphatic carbocycles. The van der Waals surface area contributed by atoms with Crippen LogP contribution in [-0.4, -0.2) is 12.1 Å². The average Bonchev–Trinajstić information content (AvgIpc) is 2.29. The number of aromatic nitrogens is 1. The van der Waals surface area contributed by atoms with Gasteiger partial charge in [0.2, 0.25) is 5.95 Å². The van der Waals surface area contributed by atoms with E-state index in [9.17, 15) is 4.39 Å². The van der Waals surface area contributed by atoms with Gasteiger partial charge in [-0.3, -0.25) is 0 Å². The molecular weight excluding hydrogens is 207 g/mol. The van der Waals surface area contributed by atoms with Crippen LogP contribution in [0.4, 0.5) is 10.2 Å². The molecule has 2 N–H and O–H groups in total. The zero-order chi connectivity index (χ0) is 11.5. The van der Waals surface area contributed by atoms with Crippen molar-refractivity contribution in [1.82, 2.24) is 4.98 Å². The van der Waals surface area contributed by atoms with Crippen LogP contribution in [0.1, 0.15) is 0 Å². The molecule has 1 heterocycles. The Morgan fingerprint density at radius 2 is 1.88 bits per heavy atom. The van der Waals surface area contributed by atoms with Crippen molar-refractivity contribution in [3.63, 3.8) is 0 Å². The number of halogens is 1. The number of para-hydroxylation sites is 1. The third-order valence-electron chi connectivity index (χ3n) is 2.27. The molecule has 0 fully saturated rings. The van der Waals surface area contributed by atoms with Gasteiger partial charge in [0.25, 0.3) is 0 Å². The van der Waals surface area contributed by atoms with Gasteiger partial charge in [-0.25, -0.2) is 4.98 Å². The summed E-state index contributed by atoms with van der Waals surface area (Å²) in [6.45, 7) is 0. The molecule has 0 aliphatic heterocycles. The van der Waals surface area contributed by atoms with Crippen LogP contribution in [0.15, 0.2) is 36.4 Å². The second-order valence-corrected chi connectivity index (χ2v) is 3.27. The Bertz CT molecular complexity index is 514. The number of hydrogen-bond acceptors (Lipinski definition) is 3. The van der Waals surface area contributed by atoms with Gasteiger partial charge in [0.15, 0.2) is 0 Å². The van der Waals surface area contributed by atoms with Crippen molar-refractivity contribution in [3.05, 3.63) is 42.3 Å². The van der Waals surface area contributed by atoms with Crippen molar-refractivity contribution in [3.8, 4) is 16.9 Å². The molecule has 4 heteroatoms. The van der Waals surface area contributed by atoms with E-state index >= 15 is 0 Å². The third-order valence-corrected chi connectivity index (χ3v) is 2.27. The van der Waals surface area contributed by atoms with Crippen LogP contribution < -0.4 is 10.5 Å². The Hall–Kier alpha value is -2.10. The Morgan fingerprint density at radius 3 is 2.56 bits per heavy atom. The second kappa shape index (κ2) is 4.18. The largest absolute Gasteiger partial charge is 0.496 e. The smallest absolute Gasteiger partial charge is 0.222 e. The van der Waals surface area contributed by atoms with Crippen LogP contribution in [0.5, 0.6) is 5.75 Å². The molecule has 0 aliphatic rings. The van der Waals surface area contributed by atoms with Crippen LogP contribution in [0.3, 0.4) is 0 Å². The Balaban J connectivity index is 2.58. The highest BCUT2D eigenvalue weighted by atomic mass is 19.1. The monoisotopic (exact) mass is 218 g/mol. The highest BCUT2D eigenvalue weighted by Crippen LogP contribution is 2.30. The zero-order valence-electron chi connectivity index (χ0n) is 8.77. The first-order valence-corrected chi connectivity index (χ1v) is 4.78. The first-order chi connectivity index (χ1) is 7.72. The van der Waals surface area contributed by atoms with E-state index in [1.54, 1.807) is 31.4 Å². The van der Waals surface area contributed by atoms with Crippen LogP contribution in [0, 0.1) is 5.95 Å². The van der Waals surface area contributed by atoms with Gasteiger partial charge in [0.05, 0.1) is 7.11 Å². The third kappa shape index (κ3) is 1.82. The van der Waals surface area contributed by atoms with Gasteiger partial charge in [0, 0.05) is 11.1 Å². The average molecular weight is 218 g/mol. The lowest BCUT2D eigenvalue weighted by atomic mass is 10.1. The van der Waals surface area contributed by atoms with E-state index in [0.29, 0.717) is 16.9 Å². The normalized spacial score (nSPS) is 10.1. The van der Waals surface area contributed by atoms with Crippen LogP contribution in [0.25, 0.3) is 11.1 Å². The lowest BCUT2D eigenvalue weighted by Crippen LogP contribution is -1.96. The Kier molecular flexibility index (Phi) is 2.72. The van der Waals surface area contributed by atoms with Gasteiger partial charge in [0.1, 0.15) is 11.6 Å².